The van der Waals surface area contributed by atoms with Crippen molar-refractivity contribution in [1.29, 1.82) is 0 Å². The minimum absolute atomic E-state index is 0.276. The number of aliphatic hydroxyl groups is 1. The molecule has 1 atom stereocenters. The molecule has 0 fully saturated rings. The topological polar surface area (TPSA) is 65.6 Å². The highest BCUT2D eigenvalue weighted by atomic mass is 16.4. The van der Waals surface area contributed by atoms with E-state index in [2.05, 4.69) is 5.32 Å². The van der Waals surface area contributed by atoms with Crippen molar-refractivity contribution in [1.82, 2.24) is 5.32 Å². The number of furan rings is 1. The fourth-order valence-electron chi connectivity index (χ4n) is 2.12. The van der Waals surface area contributed by atoms with Crippen molar-refractivity contribution in [3.05, 3.63) is 53.0 Å². The molecular weight excluding hydrogens is 254 g/mol. The van der Waals surface area contributed by atoms with Crippen LogP contribution in [0.5, 0.6) is 5.75 Å². The van der Waals surface area contributed by atoms with E-state index >= 15 is 0 Å². The van der Waals surface area contributed by atoms with Gasteiger partial charge in [-0.15, -0.1) is 0 Å². The number of aromatic hydroxyl groups is 1. The lowest BCUT2D eigenvalue weighted by atomic mass is 10.0. The first kappa shape index (κ1) is 14.6. The van der Waals surface area contributed by atoms with Gasteiger partial charge in [-0.3, -0.25) is 0 Å². The molecule has 1 aromatic carbocycles. The van der Waals surface area contributed by atoms with E-state index in [1.807, 2.05) is 19.9 Å². The Kier molecular flexibility index (Phi) is 4.16. The van der Waals surface area contributed by atoms with Crippen LogP contribution in [0.15, 0.2) is 34.9 Å². The number of rotatable bonds is 5. The molecule has 0 aliphatic heterocycles. The monoisotopic (exact) mass is 275 g/mol. The van der Waals surface area contributed by atoms with Crippen LogP contribution < -0.4 is 5.32 Å². The summed E-state index contributed by atoms with van der Waals surface area (Å²) in [4.78, 5) is 0. The Balaban J connectivity index is 1.98. The Hall–Kier alpha value is -1.78. The first-order chi connectivity index (χ1) is 9.40. The molecule has 1 heterocycles. The summed E-state index contributed by atoms with van der Waals surface area (Å²) < 4.78 is 5.22. The maximum absolute atomic E-state index is 10.3. The van der Waals surface area contributed by atoms with Crippen LogP contribution in [-0.2, 0) is 12.1 Å². The standard InChI is InChI=1S/C16H21NO3/c1-11-7-13(14(18)8-12(11)2)9-17-10-16(3,19)15-5-4-6-20-15/h4-8,17-19H,9-10H2,1-3H3. The van der Waals surface area contributed by atoms with E-state index in [9.17, 15) is 10.2 Å². The third kappa shape index (κ3) is 3.21. The van der Waals surface area contributed by atoms with E-state index in [0.29, 0.717) is 18.8 Å². The van der Waals surface area contributed by atoms with Gasteiger partial charge in [0, 0.05) is 18.7 Å². The normalized spacial score (nSPS) is 14.2. The molecule has 3 N–H and O–H groups in total. The first-order valence-electron chi connectivity index (χ1n) is 6.66. The second kappa shape index (κ2) is 5.69. The predicted molar refractivity (Wildman–Crippen MR) is 77.6 cm³/mol. The van der Waals surface area contributed by atoms with Crippen molar-refractivity contribution < 1.29 is 14.6 Å². The van der Waals surface area contributed by atoms with Crippen LogP contribution in [0.4, 0.5) is 0 Å². The summed E-state index contributed by atoms with van der Waals surface area (Å²) in [5, 5.41) is 23.4. The van der Waals surface area contributed by atoms with Gasteiger partial charge in [0.25, 0.3) is 0 Å². The highest BCUT2D eigenvalue weighted by Crippen LogP contribution is 2.23. The van der Waals surface area contributed by atoms with E-state index < -0.39 is 5.60 Å². The minimum atomic E-state index is -1.07. The van der Waals surface area contributed by atoms with Gasteiger partial charge in [-0.05, 0) is 50.1 Å². The Morgan fingerprint density at radius 2 is 1.95 bits per heavy atom. The summed E-state index contributed by atoms with van der Waals surface area (Å²) in [6.45, 7) is 6.50. The van der Waals surface area contributed by atoms with E-state index in [-0.39, 0.29) is 5.75 Å². The number of phenols is 1. The van der Waals surface area contributed by atoms with Crippen LogP contribution in [0, 0.1) is 13.8 Å². The van der Waals surface area contributed by atoms with E-state index in [1.54, 1.807) is 31.4 Å². The molecule has 0 amide bonds. The van der Waals surface area contributed by atoms with E-state index in [4.69, 9.17) is 4.42 Å². The first-order valence-corrected chi connectivity index (χ1v) is 6.66. The third-order valence-corrected chi connectivity index (χ3v) is 3.53. The van der Waals surface area contributed by atoms with Gasteiger partial charge >= 0.3 is 0 Å². The lowest BCUT2D eigenvalue weighted by molar-refractivity contribution is 0.0340. The van der Waals surface area contributed by atoms with Crippen molar-refractivity contribution in [2.75, 3.05) is 6.54 Å². The predicted octanol–water partition coefficient (Wildman–Crippen LogP) is 2.60. The van der Waals surface area contributed by atoms with Crippen molar-refractivity contribution in [3.8, 4) is 5.75 Å². The zero-order chi connectivity index (χ0) is 14.8. The summed E-state index contributed by atoms with van der Waals surface area (Å²) in [5.41, 5.74) is 1.95. The largest absolute Gasteiger partial charge is 0.508 e. The lowest BCUT2D eigenvalue weighted by Gasteiger charge is -2.21. The Bertz CT molecular complexity index is 574. The molecular formula is C16H21NO3. The molecule has 1 unspecified atom stereocenters. The average molecular weight is 275 g/mol. The Labute approximate surface area is 119 Å². The quantitative estimate of drug-likeness (QED) is 0.784. The van der Waals surface area contributed by atoms with Gasteiger partial charge in [0.1, 0.15) is 17.1 Å². The molecule has 0 aliphatic rings. The SMILES string of the molecule is Cc1cc(O)c(CNCC(C)(O)c2ccco2)cc1C. The highest BCUT2D eigenvalue weighted by Gasteiger charge is 2.25. The van der Waals surface area contributed by atoms with Gasteiger partial charge in [0.05, 0.1) is 6.26 Å². The number of hydrogen-bond donors (Lipinski definition) is 3. The summed E-state index contributed by atoms with van der Waals surface area (Å²) >= 11 is 0. The van der Waals surface area contributed by atoms with Crippen molar-refractivity contribution in [3.63, 3.8) is 0 Å². The number of phenolic OH excluding ortho intramolecular Hbond substituents is 1. The molecule has 0 radical (unpaired) electrons. The molecule has 0 aliphatic carbocycles. The second-order valence-corrected chi connectivity index (χ2v) is 5.42. The van der Waals surface area contributed by atoms with Gasteiger partial charge in [-0.25, -0.2) is 0 Å². The fraction of sp³-hybridized carbons (Fsp3) is 0.375. The molecule has 108 valence electrons. The summed E-state index contributed by atoms with van der Waals surface area (Å²) in [6, 6.07) is 7.21. The van der Waals surface area contributed by atoms with Gasteiger partial charge in [-0.2, -0.15) is 0 Å². The van der Waals surface area contributed by atoms with Crippen LogP contribution in [-0.4, -0.2) is 16.8 Å². The minimum Gasteiger partial charge on any atom is -0.508 e. The maximum atomic E-state index is 10.3. The van der Waals surface area contributed by atoms with Crippen molar-refractivity contribution in [2.24, 2.45) is 0 Å². The van der Waals surface area contributed by atoms with Crippen LogP contribution in [0.25, 0.3) is 0 Å². The van der Waals surface area contributed by atoms with Crippen LogP contribution in [0.1, 0.15) is 29.4 Å². The number of nitrogens with one attached hydrogen (secondary N) is 1. The van der Waals surface area contributed by atoms with E-state index in [1.165, 1.54) is 0 Å². The van der Waals surface area contributed by atoms with Gasteiger partial charge in [0.15, 0.2) is 0 Å². The molecule has 4 heteroatoms. The smallest absolute Gasteiger partial charge is 0.136 e. The third-order valence-electron chi connectivity index (χ3n) is 3.53. The zero-order valence-electron chi connectivity index (χ0n) is 12.1. The number of benzene rings is 1. The fourth-order valence-corrected chi connectivity index (χ4v) is 2.12. The molecule has 1 aromatic heterocycles. The van der Waals surface area contributed by atoms with E-state index in [0.717, 1.165) is 16.7 Å². The molecule has 0 spiro atoms. The maximum Gasteiger partial charge on any atom is 0.136 e. The molecule has 0 bridgehead atoms. The van der Waals surface area contributed by atoms with Gasteiger partial charge < -0.3 is 19.9 Å². The van der Waals surface area contributed by atoms with Crippen LogP contribution >= 0.6 is 0 Å². The lowest BCUT2D eigenvalue weighted by Crippen LogP contribution is -2.34. The summed E-state index contributed by atoms with van der Waals surface area (Å²) in [5.74, 6) is 0.799. The molecule has 4 nitrogen and oxygen atoms in total. The van der Waals surface area contributed by atoms with Gasteiger partial charge in [0.2, 0.25) is 0 Å². The molecule has 0 saturated carbocycles. The average Bonchev–Trinajstić information content (AvgIpc) is 2.90. The number of aryl methyl sites for hydroxylation is 2. The Morgan fingerprint density at radius 1 is 1.25 bits per heavy atom. The van der Waals surface area contributed by atoms with Crippen LogP contribution in [0.3, 0.4) is 0 Å². The molecule has 20 heavy (non-hydrogen) atoms. The molecule has 0 saturated heterocycles. The van der Waals surface area contributed by atoms with Gasteiger partial charge in [-0.1, -0.05) is 6.07 Å². The highest BCUT2D eigenvalue weighted by molar-refractivity contribution is 5.40. The number of hydrogen-bond acceptors (Lipinski definition) is 4. The molecule has 2 rings (SSSR count). The Morgan fingerprint density at radius 3 is 2.60 bits per heavy atom. The molecule has 2 aromatic rings. The second-order valence-electron chi connectivity index (χ2n) is 5.42. The summed E-state index contributed by atoms with van der Waals surface area (Å²) in [6.07, 6.45) is 1.54. The van der Waals surface area contributed by atoms with Crippen LogP contribution in [0.2, 0.25) is 0 Å². The zero-order valence-corrected chi connectivity index (χ0v) is 12.1. The van der Waals surface area contributed by atoms with Crippen molar-refractivity contribution in [2.45, 2.75) is 32.9 Å². The summed E-state index contributed by atoms with van der Waals surface area (Å²) in [7, 11) is 0. The van der Waals surface area contributed by atoms with Crippen molar-refractivity contribution >= 4 is 0 Å².